The van der Waals surface area contributed by atoms with Crippen LogP contribution in [-0.2, 0) is 0 Å². The number of amides is 2. The second kappa shape index (κ2) is 10.3. The number of pyridine rings is 2. The third-order valence-corrected chi connectivity index (χ3v) is 7.80. The van der Waals surface area contributed by atoms with Crippen LogP contribution in [0.15, 0.2) is 65.7 Å². The number of hydrogen-bond donors (Lipinski definition) is 3. The van der Waals surface area contributed by atoms with Gasteiger partial charge < -0.3 is 29.9 Å². The molecule has 1 spiro atoms. The number of aliphatic hydroxyl groups excluding tert-OH is 1. The van der Waals surface area contributed by atoms with E-state index in [-0.39, 0.29) is 29.9 Å². The van der Waals surface area contributed by atoms with Gasteiger partial charge >= 0.3 is 6.03 Å². The van der Waals surface area contributed by atoms with Crippen LogP contribution in [-0.4, -0.2) is 73.9 Å². The maximum absolute atomic E-state index is 12.9. The van der Waals surface area contributed by atoms with Gasteiger partial charge in [-0.3, -0.25) is 4.79 Å². The highest BCUT2D eigenvalue weighted by Crippen LogP contribution is 2.31. The second-order valence-electron chi connectivity index (χ2n) is 10.9. The minimum absolute atomic E-state index is 0.0759. The molecule has 2 fully saturated rings. The zero-order valence-electron chi connectivity index (χ0n) is 22.6. The predicted molar refractivity (Wildman–Crippen MR) is 150 cm³/mol. The number of nitrogens with one attached hydrogen (secondary N) is 2. The number of hydrogen-bond acceptors (Lipinski definition) is 7. The van der Waals surface area contributed by atoms with Gasteiger partial charge in [-0.25, -0.2) is 14.3 Å². The molecule has 2 amide bonds. The average molecular weight is 544 g/mol. The molecule has 1 aromatic carbocycles. The van der Waals surface area contributed by atoms with E-state index in [1.165, 1.54) is 5.56 Å². The van der Waals surface area contributed by atoms with E-state index in [0.717, 1.165) is 24.2 Å². The molecule has 0 bridgehead atoms. The number of H-pyrrole nitrogens is 1. The highest BCUT2D eigenvalue weighted by molar-refractivity contribution is 5.78. The monoisotopic (exact) mass is 543 g/mol. The first kappa shape index (κ1) is 25.9. The van der Waals surface area contributed by atoms with Gasteiger partial charge in [0.25, 0.3) is 0 Å². The minimum Gasteiger partial charge on any atom is -0.491 e. The fourth-order valence-electron chi connectivity index (χ4n) is 5.63. The number of aromatic nitrogens is 4. The van der Waals surface area contributed by atoms with Gasteiger partial charge in [-0.1, -0.05) is 37.3 Å². The molecule has 0 radical (unpaired) electrons. The summed E-state index contributed by atoms with van der Waals surface area (Å²) in [6, 6.07) is 15.3. The first-order valence-electron chi connectivity index (χ1n) is 13.5. The lowest BCUT2D eigenvalue weighted by Crippen LogP contribution is -2.46. The molecule has 2 aliphatic heterocycles. The van der Waals surface area contributed by atoms with Crippen LogP contribution in [0.5, 0.6) is 5.75 Å². The van der Waals surface area contributed by atoms with Gasteiger partial charge in [0.05, 0.1) is 24.9 Å². The lowest BCUT2D eigenvalue weighted by Gasteiger charge is -2.25. The van der Waals surface area contributed by atoms with E-state index in [1.807, 2.05) is 37.3 Å². The zero-order valence-corrected chi connectivity index (χ0v) is 22.6. The SMILES string of the molecule is Cc1cc(OC[C@H](C)c2ccccc2)cn2nc(C(O)CN3CC4(CCN(c5cc[nH]c(=O)c5)C4)NC3=O)nc12. The van der Waals surface area contributed by atoms with Crippen molar-refractivity contribution < 1.29 is 14.6 Å². The van der Waals surface area contributed by atoms with E-state index in [1.54, 1.807) is 27.9 Å². The Balaban J connectivity index is 1.11. The summed E-state index contributed by atoms with van der Waals surface area (Å²) in [5.74, 6) is 1.15. The number of aromatic amines is 1. The molecule has 11 nitrogen and oxygen atoms in total. The van der Waals surface area contributed by atoms with Crippen LogP contribution < -0.4 is 20.5 Å². The van der Waals surface area contributed by atoms with Gasteiger partial charge in [0, 0.05) is 43.5 Å². The van der Waals surface area contributed by atoms with Crippen molar-refractivity contribution in [2.75, 3.05) is 37.7 Å². The van der Waals surface area contributed by atoms with Crippen molar-refractivity contribution in [2.24, 2.45) is 0 Å². The van der Waals surface area contributed by atoms with Crippen molar-refractivity contribution >= 4 is 17.4 Å². The van der Waals surface area contributed by atoms with Crippen molar-refractivity contribution in [3.05, 3.63) is 88.2 Å². The minimum atomic E-state index is -1.05. The topological polar surface area (TPSA) is 128 Å². The highest BCUT2D eigenvalue weighted by atomic mass is 16.5. The molecule has 2 aliphatic rings. The van der Waals surface area contributed by atoms with Crippen LogP contribution in [0.3, 0.4) is 0 Å². The number of nitrogens with zero attached hydrogens (tertiary/aromatic N) is 5. The molecule has 3 N–H and O–H groups in total. The second-order valence-corrected chi connectivity index (χ2v) is 10.9. The summed E-state index contributed by atoms with van der Waals surface area (Å²) in [5.41, 5.74) is 2.94. The lowest BCUT2D eigenvalue weighted by molar-refractivity contribution is 0.122. The molecular weight excluding hydrogens is 510 g/mol. The Labute approximate surface area is 231 Å². The van der Waals surface area contributed by atoms with Crippen LogP contribution in [0.4, 0.5) is 10.5 Å². The highest BCUT2D eigenvalue weighted by Gasteiger charge is 2.47. The Hall–Kier alpha value is -4.38. The Morgan fingerprint density at radius 1 is 1.15 bits per heavy atom. The van der Waals surface area contributed by atoms with Gasteiger partial charge in [-0.15, -0.1) is 5.10 Å². The number of anilines is 1. The van der Waals surface area contributed by atoms with Crippen LogP contribution in [0, 0.1) is 6.92 Å². The molecule has 5 heterocycles. The number of ether oxygens (including phenoxy) is 1. The number of urea groups is 1. The summed E-state index contributed by atoms with van der Waals surface area (Å²) in [7, 11) is 0. The summed E-state index contributed by atoms with van der Waals surface area (Å²) in [5, 5.41) is 18.6. The quantitative estimate of drug-likeness (QED) is 0.312. The molecule has 2 saturated heterocycles. The van der Waals surface area contributed by atoms with E-state index >= 15 is 0 Å². The third-order valence-electron chi connectivity index (χ3n) is 7.80. The number of benzene rings is 1. The van der Waals surface area contributed by atoms with Gasteiger partial charge in [0.2, 0.25) is 5.56 Å². The smallest absolute Gasteiger partial charge is 0.318 e. The van der Waals surface area contributed by atoms with E-state index < -0.39 is 11.6 Å². The normalized spacial score (nSPS) is 20.3. The maximum Gasteiger partial charge on any atom is 0.318 e. The number of carbonyl (C=O) groups excluding carboxylic acids is 1. The molecule has 208 valence electrons. The van der Waals surface area contributed by atoms with Crippen molar-refractivity contribution in [1.29, 1.82) is 0 Å². The first-order chi connectivity index (χ1) is 19.3. The fourth-order valence-corrected chi connectivity index (χ4v) is 5.63. The van der Waals surface area contributed by atoms with Crippen molar-refractivity contribution in [2.45, 2.75) is 37.8 Å². The van der Waals surface area contributed by atoms with E-state index in [9.17, 15) is 14.7 Å². The Morgan fingerprint density at radius 3 is 2.77 bits per heavy atom. The largest absolute Gasteiger partial charge is 0.491 e. The van der Waals surface area contributed by atoms with E-state index in [2.05, 4.69) is 44.3 Å². The predicted octanol–water partition coefficient (Wildman–Crippen LogP) is 2.62. The molecule has 0 aliphatic carbocycles. The van der Waals surface area contributed by atoms with E-state index in [4.69, 9.17) is 4.74 Å². The number of aryl methyl sites for hydroxylation is 1. The number of β-amino-alcohol motifs (C(OH)–C–C–N with tert-alkyl or cyclic N) is 1. The lowest BCUT2D eigenvalue weighted by atomic mass is 10.00. The fraction of sp³-hybridized carbons (Fsp3) is 0.379. The van der Waals surface area contributed by atoms with Crippen molar-refractivity contribution in [3.63, 3.8) is 0 Å². The summed E-state index contributed by atoms with van der Waals surface area (Å²) >= 11 is 0. The van der Waals surface area contributed by atoms with Crippen molar-refractivity contribution in [3.8, 4) is 5.75 Å². The molecule has 3 aromatic heterocycles. The van der Waals surface area contributed by atoms with Gasteiger partial charge in [-0.2, -0.15) is 0 Å². The van der Waals surface area contributed by atoms with E-state index in [0.29, 0.717) is 31.1 Å². The molecule has 40 heavy (non-hydrogen) atoms. The third kappa shape index (κ3) is 5.12. The molecule has 4 aromatic rings. The Morgan fingerprint density at radius 2 is 1.98 bits per heavy atom. The van der Waals surface area contributed by atoms with Crippen LogP contribution in [0.2, 0.25) is 0 Å². The maximum atomic E-state index is 12.9. The molecule has 11 heteroatoms. The molecule has 2 unspecified atom stereocenters. The number of carbonyl (C=O) groups is 1. The Bertz CT molecular complexity index is 1590. The molecule has 3 atom stereocenters. The van der Waals surface area contributed by atoms with Crippen LogP contribution >= 0.6 is 0 Å². The zero-order chi connectivity index (χ0) is 27.9. The molecule has 6 rings (SSSR count). The van der Waals surface area contributed by atoms with Crippen molar-refractivity contribution in [1.82, 2.24) is 29.8 Å². The molecule has 0 saturated carbocycles. The summed E-state index contributed by atoms with van der Waals surface area (Å²) in [4.78, 5) is 35.5. The standard InChI is InChI=1S/C29H33N7O4/c1-19-12-23(40-16-20(2)21-6-4-3-5-7-21)14-36-27(19)31-26(33-36)24(37)15-35-18-29(32-28(35)39)9-11-34(17-29)22-8-10-30-25(38)13-22/h3-8,10,12-14,20,24,37H,9,11,15-18H2,1-2H3,(H,30,38)(H,32,39)/t20-,24?,29?/m0/s1. The summed E-state index contributed by atoms with van der Waals surface area (Å²) < 4.78 is 7.69. The average Bonchev–Trinajstić information content (AvgIpc) is 3.65. The number of rotatable bonds is 8. The van der Waals surface area contributed by atoms with Gasteiger partial charge in [0.1, 0.15) is 11.9 Å². The van der Waals surface area contributed by atoms with Crippen LogP contribution in [0.1, 0.15) is 42.3 Å². The number of aliphatic hydroxyl groups is 1. The van der Waals surface area contributed by atoms with Gasteiger partial charge in [-0.05, 0) is 36.6 Å². The van der Waals surface area contributed by atoms with Gasteiger partial charge in [0.15, 0.2) is 11.5 Å². The summed E-state index contributed by atoms with van der Waals surface area (Å²) in [6.07, 6.45) is 3.09. The first-order valence-corrected chi connectivity index (χ1v) is 13.5. The summed E-state index contributed by atoms with van der Waals surface area (Å²) in [6.45, 7) is 6.41. The van der Waals surface area contributed by atoms with Crippen LogP contribution in [0.25, 0.3) is 5.65 Å². The molecular formula is C29H33N7O4. The number of fused-ring (bicyclic) bond motifs is 1. The Kier molecular flexibility index (Phi) is 6.67.